The molecule has 0 radical (unpaired) electrons. The molecule has 0 saturated carbocycles. The first-order chi connectivity index (χ1) is 24.1. The Balaban J connectivity index is 1.66. The number of hydrogen-bond donors (Lipinski definition) is 3. The van der Waals surface area contributed by atoms with Crippen LogP contribution in [-0.2, 0) is 43.8 Å². The third-order valence-electron chi connectivity index (χ3n) is 9.37. The fourth-order valence-electron chi connectivity index (χ4n) is 6.67. The summed E-state index contributed by atoms with van der Waals surface area (Å²) >= 11 is 0. The average Bonchev–Trinajstić information content (AvgIpc) is 3.10. The van der Waals surface area contributed by atoms with Crippen molar-refractivity contribution in [2.24, 2.45) is 0 Å². The summed E-state index contributed by atoms with van der Waals surface area (Å²) in [4.78, 5) is -0.343. The number of nitrogens with zero attached hydrogens (tertiary/aromatic N) is 2. The molecule has 3 N–H and O–H groups in total. The van der Waals surface area contributed by atoms with Crippen molar-refractivity contribution in [3.05, 3.63) is 161 Å². The van der Waals surface area contributed by atoms with E-state index < -0.39 is 44.4 Å². The Labute approximate surface area is 299 Å². The van der Waals surface area contributed by atoms with E-state index in [-0.39, 0.29) is 48.0 Å². The summed E-state index contributed by atoms with van der Waals surface area (Å²) in [6, 6.07) is 36.4. The molecular weight excluding hydrogens is 713 g/mol. The van der Waals surface area contributed by atoms with Crippen molar-refractivity contribution in [1.29, 1.82) is 0 Å². The molecule has 5 aromatic rings. The maximum absolute atomic E-state index is 13.0. The van der Waals surface area contributed by atoms with E-state index in [1.54, 1.807) is 135 Å². The predicted octanol–water partition coefficient (Wildman–Crippen LogP) is 6.77. The largest absolute Gasteiger partial charge is 0.438 e. The normalized spacial score (nSPS) is 15.4. The van der Waals surface area contributed by atoms with E-state index in [1.165, 1.54) is 12.1 Å². The van der Waals surface area contributed by atoms with Gasteiger partial charge < -0.3 is 0 Å². The number of quaternary nitrogens is 2. The first-order valence-electron chi connectivity index (χ1n) is 16.1. The number of benzene rings is 5. The lowest BCUT2D eigenvalue weighted by Crippen LogP contribution is -2.52. The van der Waals surface area contributed by atoms with Crippen LogP contribution in [0.3, 0.4) is 0 Å². The van der Waals surface area contributed by atoms with Gasteiger partial charge in [0, 0.05) is 41.3 Å². The van der Waals surface area contributed by atoms with E-state index in [1.807, 2.05) is 0 Å². The number of rotatable bonds is 14. The maximum atomic E-state index is 13.0. The van der Waals surface area contributed by atoms with Gasteiger partial charge in [-0.2, -0.15) is 16.2 Å². The summed E-state index contributed by atoms with van der Waals surface area (Å²) < 4.78 is 107. The molecule has 5 rings (SSSR count). The van der Waals surface area contributed by atoms with Gasteiger partial charge in [0.2, 0.25) is 0 Å². The summed E-state index contributed by atoms with van der Waals surface area (Å²) in [5.41, 5.74) is 3.14. The minimum atomic E-state index is -4.70. The van der Waals surface area contributed by atoms with E-state index >= 15 is 0 Å². The molecule has 0 aliphatic heterocycles. The van der Waals surface area contributed by atoms with Crippen molar-refractivity contribution in [3.8, 4) is 0 Å². The van der Waals surface area contributed by atoms with E-state index in [0.29, 0.717) is 22.3 Å². The molecule has 0 saturated heterocycles. The predicted molar refractivity (Wildman–Crippen MR) is 198 cm³/mol. The summed E-state index contributed by atoms with van der Waals surface area (Å²) in [5, 5.41) is 0. The van der Waals surface area contributed by atoms with Crippen LogP contribution in [0, 0.1) is 0 Å². The Hall–Kier alpha value is -4.25. The molecule has 0 heterocycles. The van der Waals surface area contributed by atoms with Crippen LogP contribution in [0.15, 0.2) is 138 Å². The third kappa shape index (κ3) is 7.68. The molecule has 51 heavy (non-hydrogen) atoms. The summed E-state index contributed by atoms with van der Waals surface area (Å²) in [6.45, 7) is 3.18. The lowest BCUT2D eigenvalue weighted by atomic mass is 9.85. The van der Waals surface area contributed by atoms with Crippen molar-refractivity contribution in [1.82, 2.24) is 7.78 Å². The molecule has 0 fully saturated rings. The topological polar surface area (TPSA) is 163 Å². The molecule has 0 aliphatic rings. The van der Waals surface area contributed by atoms with Crippen molar-refractivity contribution >= 4 is 42.1 Å². The standard InChI is InChI=1S/C37H38N2O9S3/c1-3-38(50(43,44)45,27-29-13-7-5-8-14-29)33-23-19-31(20-24-33)37(35-17-11-12-18-36(35)49(40,41)42)32-21-25-34(26-22-32)39(4-2,51(46,47)48)28-30-15-9-6-10-16-30/h5-26,37H,3-4,27-28H2,1-2H3,(H-2,40,41,42,43,44,45,46,47,48)/p+2. The molecule has 0 spiro atoms. The molecule has 2 unspecified atom stereocenters. The zero-order valence-electron chi connectivity index (χ0n) is 28.0. The minimum Gasteiger partial charge on any atom is -0.282 e. The van der Waals surface area contributed by atoms with Crippen LogP contribution in [0.2, 0.25) is 0 Å². The Bertz CT molecular complexity index is 2180. The molecular formula is C37H40N2O9S3+2. The van der Waals surface area contributed by atoms with Crippen LogP contribution >= 0.6 is 0 Å². The molecule has 0 aliphatic carbocycles. The van der Waals surface area contributed by atoms with Gasteiger partial charge >= 0.3 is 20.6 Å². The molecule has 5 aromatic carbocycles. The van der Waals surface area contributed by atoms with E-state index in [2.05, 4.69) is 0 Å². The van der Waals surface area contributed by atoms with E-state index in [9.17, 15) is 38.9 Å². The van der Waals surface area contributed by atoms with Crippen LogP contribution < -0.4 is 7.78 Å². The van der Waals surface area contributed by atoms with Gasteiger partial charge in [-0.3, -0.25) is 4.55 Å². The van der Waals surface area contributed by atoms with Crippen LogP contribution in [-0.4, -0.2) is 52.0 Å². The smallest absolute Gasteiger partial charge is 0.282 e. The monoisotopic (exact) mass is 752 g/mol. The van der Waals surface area contributed by atoms with Crippen LogP contribution in [0.5, 0.6) is 0 Å². The second-order valence-corrected chi connectivity index (χ2v) is 16.8. The van der Waals surface area contributed by atoms with Crippen LogP contribution in [0.25, 0.3) is 0 Å². The minimum absolute atomic E-state index is 0.00225. The first kappa shape index (κ1) is 38.0. The molecule has 268 valence electrons. The van der Waals surface area contributed by atoms with Gasteiger partial charge in [0.1, 0.15) is 24.5 Å². The van der Waals surface area contributed by atoms with Gasteiger partial charge in [-0.25, -0.2) is 9.11 Å². The highest BCUT2D eigenvalue weighted by Gasteiger charge is 2.44. The molecule has 11 nitrogen and oxygen atoms in total. The second-order valence-electron chi connectivity index (χ2n) is 12.2. The molecule has 0 bridgehead atoms. The number of hydrogen-bond acceptors (Lipinski definition) is 6. The van der Waals surface area contributed by atoms with Gasteiger partial charge in [-0.15, -0.1) is 16.8 Å². The summed E-state index contributed by atoms with van der Waals surface area (Å²) in [5.74, 6) is -0.849. The zero-order chi connectivity index (χ0) is 37.1. The Kier molecular flexibility index (Phi) is 11.0. The quantitative estimate of drug-likeness (QED) is 0.0631. The molecule has 2 atom stereocenters. The van der Waals surface area contributed by atoms with Crippen LogP contribution in [0.1, 0.15) is 47.6 Å². The van der Waals surface area contributed by atoms with Gasteiger partial charge in [-0.05, 0) is 36.6 Å². The van der Waals surface area contributed by atoms with Crippen LogP contribution in [0.4, 0.5) is 11.4 Å². The summed E-state index contributed by atoms with van der Waals surface area (Å²) in [7, 11) is -14.1. The van der Waals surface area contributed by atoms with Gasteiger partial charge in [0.15, 0.2) is 0 Å². The molecule has 0 amide bonds. The maximum Gasteiger partial charge on any atom is 0.438 e. The first-order valence-corrected chi connectivity index (χ1v) is 20.3. The average molecular weight is 753 g/mol. The Morgan fingerprint density at radius 3 is 1.18 bits per heavy atom. The van der Waals surface area contributed by atoms with Gasteiger partial charge in [-0.1, -0.05) is 103 Å². The van der Waals surface area contributed by atoms with Crippen molar-refractivity contribution < 1.29 is 38.9 Å². The Morgan fingerprint density at radius 1 is 0.490 bits per heavy atom. The van der Waals surface area contributed by atoms with E-state index in [0.717, 1.165) is 0 Å². The lowest BCUT2D eigenvalue weighted by molar-refractivity contribution is 0.351. The van der Waals surface area contributed by atoms with Crippen molar-refractivity contribution in [3.63, 3.8) is 0 Å². The van der Waals surface area contributed by atoms with Gasteiger partial charge in [0.05, 0.1) is 18.0 Å². The molecule has 14 heteroatoms. The fourth-order valence-corrected chi connectivity index (χ4v) is 9.45. The van der Waals surface area contributed by atoms with Crippen molar-refractivity contribution in [2.45, 2.75) is 37.8 Å². The highest BCUT2D eigenvalue weighted by Crippen LogP contribution is 2.40. The highest BCUT2D eigenvalue weighted by atomic mass is 32.2. The molecule has 0 aromatic heterocycles. The summed E-state index contributed by atoms with van der Waals surface area (Å²) in [6.07, 6.45) is 0. The lowest BCUT2D eigenvalue weighted by Gasteiger charge is -2.33. The van der Waals surface area contributed by atoms with Gasteiger partial charge in [0.25, 0.3) is 10.1 Å². The SMILES string of the molecule is CC[N+](Cc1ccccc1)(c1ccc(C(c2ccc([N+](CC)(Cc3ccccc3)S(=O)(=O)O)cc2)c2ccccc2S(=O)(=O)O)cc1)S(=O)(=O)O. The Morgan fingerprint density at radius 2 is 0.843 bits per heavy atom. The third-order valence-corrected chi connectivity index (χ3v) is 13.3. The fraction of sp³-hybridized carbons (Fsp3) is 0.189. The van der Waals surface area contributed by atoms with E-state index in [4.69, 9.17) is 0 Å². The van der Waals surface area contributed by atoms with Crippen molar-refractivity contribution in [2.75, 3.05) is 13.1 Å². The highest BCUT2D eigenvalue weighted by molar-refractivity contribution is 7.86. The second kappa shape index (κ2) is 14.8. The zero-order valence-corrected chi connectivity index (χ0v) is 30.5.